The van der Waals surface area contributed by atoms with Gasteiger partial charge in [0.1, 0.15) is 5.75 Å². The Morgan fingerprint density at radius 3 is 2.92 bits per heavy atom. The Balaban J connectivity index is 1.78. The minimum Gasteiger partial charge on any atom is -0.497 e. The van der Waals surface area contributed by atoms with Gasteiger partial charge in [-0.25, -0.2) is 0 Å². The number of pyridine rings is 1. The van der Waals surface area contributed by atoms with Crippen molar-refractivity contribution < 1.29 is 9.66 Å². The summed E-state index contributed by atoms with van der Waals surface area (Å²) in [6.45, 7) is 1.28. The van der Waals surface area contributed by atoms with Crippen molar-refractivity contribution in [2.24, 2.45) is 0 Å². The molecule has 4 rings (SSSR count). The molecule has 2 aromatic heterocycles. The number of hydrogen-bond donors (Lipinski definition) is 0. The van der Waals surface area contributed by atoms with Gasteiger partial charge in [0.25, 0.3) is 0 Å². The summed E-state index contributed by atoms with van der Waals surface area (Å²) in [6.07, 6.45) is 2.50. The molecule has 0 radical (unpaired) electrons. The molecule has 7 heteroatoms. The third kappa shape index (κ3) is 2.25. The summed E-state index contributed by atoms with van der Waals surface area (Å²) in [7, 11) is 1.63. The first-order valence-corrected chi connectivity index (χ1v) is 7.69. The van der Waals surface area contributed by atoms with Crippen molar-refractivity contribution in [1.29, 1.82) is 0 Å². The number of rotatable bonds is 3. The summed E-state index contributed by atoms with van der Waals surface area (Å²) in [5.41, 5.74) is 2.95. The number of benzene rings is 1. The molecular formula is C17H16N4O3. The number of fused-ring (bicyclic) bond motifs is 2. The van der Waals surface area contributed by atoms with Crippen LogP contribution in [-0.2, 0) is 13.0 Å². The van der Waals surface area contributed by atoms with Crippen LogP contribution in [0.5, 0.6) is 5.75 Å². The van der Waals surface area contributed by atoms with E-state index in [-0.39, 0.29) is 10.7 Å². The molecule has 0 atom stereocenters. The Bertz CT molecular complexity index is 935. The first kappa shape index (κ1) is 14.5. The average Bonchev–Trinajstić information content (AvgIpc) is 3.00. The molecule has 0 bridgehead atoms. The minimum absolute atomic E-state index is 0.0111. The number of hydrogen-bond acceptors (Lipinski definition) is 5. The highest BCUT2D eigenvalue weighted by Crippen LogP contribution is 2.33. The maximum absolute atomic E-state index is 11.6. The summed E-state index contributed by atoms with van der Waals surface area (Å²) >= 11 is 0. The van der Waals surface area contributed by atoms with E-state index in [2.05, 4.69) is 11.1 Å². The first-order chi connectivity index (χ1) is 11.7. The lowest BCUT2D eigenvalue weighted by Gasteiger charge is -2.28. The second-order valence-electron chi connectivity index (χ2n) is 5.75. The lowest BCUT2D eigenvalue weighted by molar-refractivity contribution is -0.389. The fourth-order valence-electron chi connectivity index (χ4n) is 3.19. The van der Waals surface area contributed by atoms with E-state index >= 15 is 0 Å². The Kier molecular flexibility index (Phi) is 3.34. The van der Waals surface area contributed by atoms with Crippen molar-refractivity contribution in [3.63, 3.8) is 0 Å². The molecule has 0 N–H and O–H groups in total. The molecular weight excluding hydrogens is 308 g/mol. The highest BCUT2D eigenvalue weighted by Gasteiger charge is 2.29. The van der Waals surface area contributed by atoms with Crippen molar-refractivity contribution >= 4 is 17.3 Å². The zero-order valence-electron chi connectivity index (χ0n) is 13.2. The quantitative estimate of drug-likeness (QED) is 0.547. The van der Waals surface area contributed by atoms with E-state index < -0.39 is 0 Å². The number of anilines is 1. The molecule has 1 aliphatic heterocycles. The van der Waals surface area contributed by atoms with Crippen LogP contribution in [0.15, 0.2) is 42.6 Å². The maximum Gasteiger partial charge on any atom is 0.372 e. The molecule has 0 fully saturated rings. The third-order valence-electron chi connectivity index (χ3n) is 4.39. The SMILES string of the molecule is COc1ccc2c(c1)CN(c1nc3ccccn3c1[N+](=O)[O-])CC2. The molecule has 1 aliphatic rings. The van der Waals surface area contributed by atoms with Gasteiger partial charge in [0, 0.05) is 19.2 Å². The molecule has 0 unspecified atom stereocenters. The molecule has 0 aliphatic carbocycles. The Labute approximate surface area is 138 Å². The highest BCUT2D eigenvalue weighted by atomic mass is 16.6. The van der Waals surface area contributed by atoms with Crippen molar-refractivity contribution in [2.75, 3.05) is 18.6 Å². The zero-order valence-corrected chi connectivity index (χ0v) is 13.2. The van der Waals surface area contributed by atoms with Gasteiger partial charge in [-0.15, -0.1) is 0 Å². The van der Waals surface area contributed by atoms with Gasteiger partial charge in [0.15, 0.2) is 0 Å². The number of methoxy groups -OCH3 is 1. The number of aromatic nitrogens is 2. The zero-order chi connectivity index (χ0) is 16.7. The largest absolute Gasteiger partial charge is 0.497 e. The monoisotopic (exact) mass is 324 g/mol. The summed E-state index contributed by atoms with van der Waals surface area (Å²) in [6, 6.07) is 11.4. The summed E-state index contributed by atoms with van der Waals surface area (Å²) < 4.78 is 6.81. The molecule has 0 amide bonds. The van der Waals surface area contributed by atoms with E-state index in [0.29, 0.717) is 24.6 Å². The molecule has 7 nitrogen and oxygen atoms in total. The van der Waals surface area contributed by atoms with E-state index in [1.807, 2.05) is 23.1 Å². The maximum atomic E-state index is 11.6. The normalized spacial score (nSPS) is 13.8. The van der Waals surface area contributed by atoms with E-state index in [4.69, 9.17) is 4.74 Å². The second-order valence-corrected chi connectivity index (χ2v) is 5.75. The van der Waals surface area contributed by atoms with Crippen molar-refractivity contribution in [2.45, 2.75) is 13.0 Å². The fourth-order valence-corrected chi connectivity index (χ4v) is 3.19. The molecule has 24 heavy (non-hydrogen) atoms. The van der Waals surface area contributed by atoms with Gasteiger partial charge in [-0.05, 0) is 40.7 Å². The van der Waals surface area contributed by atoms with Crippen molar-refractivity contribution in [3.8, 4) is 5.75 Å². The van der Waals surface area contributed by atoms with E-state index in [0.717, 1.165) is 17.7 Å². The van der Waals surface area contributed by atoms with Gasteiger partial charge in [0.2, 0.25) is 11.5 Å². The van der Waals surface area contributed by atoms with Gasteiger partial charge in [-0.1, -0.05) is 12.1 Å². The molecule has 122 valence electrons. The van der Waals surface area contributed by atoms with Crippen LogP contribution in [0.25, 0.3) is 5.65 Å². The smallest absolute Gasteiger partial charge is 0.372 e. The first-order valence-electron chi connectivity index (χ1n) is 7.69. The average molecular weight is 324 g/mol. The molecule has 3 aromatic rings. The third-order valence-corrected chi connectivity index (χ3v) is 4.39. The predicted octanol–water partition coefficient (Wildman–Crippen LogP) is 2.81. The predicted molar refractivity (Wildman–Crippen MR) is 89.6 cm³/mol. The number of nitrogens with zero attached hydrogens (tertiary/aromatic N) is 4. The van der Waals surface area contributed by atoms with E-state index in [9.17, 15) is 10.1 Å². The van der Waals surface area contributed by atoms with Gasteiger partial charge in [-0.3, -0.25) is 0 Å². The standard InChI is InChI=1S/C17H16N4O3/c1-24-14-6-5-12-7-9-19(11-13(12)10-14)16-17(21(22)23)20-8-3-2-4-15(20)18-16/h2-6,8,10H,7,9,11H2,1H3. The number of nitro groups is 1. The van der Waals surface area contributed by atoms with Crippen LogP contribution >= 0.6 is 0 Å². The molecule has 0 saturated carbocycles. The summed E-state index contributed by atoms with van der Waals surface area (Å²) in [5.74, 6) is 1.22. The van der Waals surface area contributed by atoms with Crippen LogP contribution in [0, 0.1) is 10.1 Å². The van der Waals surface area contributed by atoms with Crippen LogP contribution in [0.3, 0.4) is 0 Å². The van der Waals surface area contributed by atoms with Crippen LogP contribution in [0.2, 0.25) is 0 Å². The van der Waals surface area contributed by atoms with Gasteiger partial charge < -0.3 is 19.8 Å². The topological polar surface area (TPSA) is 72.9 Å². The summed E-state index contributed by atoms with van der Waals surface area (Å²) in [5, 5.41) is 11.6. The molecule has 3 heterocycles. The van der Waals surface area contributed by atoms with Crippen LogP contribution < -0.4 is 9.64 Å². The lowest BCUT2D eigenvalue weighted by atomic mass is 9.99. The second kappa shape index (κ2) is 5.52. The van der Waals surface area contributed by atoms with Crippen LogP contribution in [0.1, 0.15) is 11.1 Å². The van der Waals surface area contributed by atoms with Gasteiger partial charge >= 0.3 is 5.82 Å². The Morgan fingerprint density at radius 2 is 2.12 bits per heavy atom. The minimum atomic E-state index is -0.365. The van der Waals surface area contributed by atoms with Gasteiger partial charge in [0.05, 0.1) is 13.3 Å². The lowest BCUT2D eigenvalue weighted by Crippen LogP contribution is -2.31. The molecule has 0 spiro atoms. The fraction of sp³-hybridized carbons (Fsp3) is 0.235. The van der Waals surface area contributed by atoms with E-state index in [1.165, 1.54) is 9.96 Å². The highest BCUT2D eigenvalue weighted by molar-refractivity contribution is 5.64. The van der Waals surface area contributed by atoms with Crippen LogP contribution in [0.4, 0.5) is 11.6 Å². The molecule has 0 saturated heterocycles. The Morgan fingerprint density at radius 1 is 1.25 bits per heavy atom. The number of ether oxygens (including phenoxy) is 1. The van der Waals surface area contributed by atoms with Crippen molar-refractivity contribution in [1.82, 2.24) is 9.38 Å². The summed E-state index contributed by atoms with van der Waals surface area (Å²) in [4.78, 5) is 17.7. The number of imidazole rings is 1. The van der Waals surface area contributed by atoms with E-state index in [1.54, 1.807) is 25.4 Å². The van der Waals surface area contributed by atoms with Gasteiger partial charge in [-0.2, -0.15) is 9.38 Å². The van der Waals surface area contributed by atoms with Crippen molar-refractivity contribution in [3.05, 3.63) is 63.8 Å². The Hall–Kier alpha value is -3.09. The molecule has 1 aromatic carbocycles. The van der Waals surface area contributed by atoms with Crippen LogP contribution in [-0.4, -0.2) is 28.0 Å².